The second-order valence-corrected chi connectivity index (χ2v) is 5.44. The van der Waals surface area contributed by atoms with Crippen molar-refractivity contribution >= 4 is 5.97 Å². The number of alkyl halides is 11. The first-order chi connectivity index (χ1) is 10.3. The lowest BCUT2D eigenvalue weighted by atomic mass is 9.72. The van der Waals surface area contributed by atoms with E-state index < -0.39 is 53.8 Å². The molecule has 2 nitrogen and oxygen atoms in total. The average molecular weight is 382 g/mol. The van der Waals surface area contributed by atoms with Crippen LogP contribution >= 0.6 is 0 Å². The van der Waals surface area contributed by atoms with Crippen LogP contribution in [0.5, 0.6) is 0 Å². The van der Waals surface area contributed by atoms with E-state index in [-0.39, 0.29) is 0 Å². The van der Waals surface area contributed by atoms with Crippen LogP contribution in [0.3, 0.4) is 0 Å². The Balaban J connectivity index is 3.54. The summed E-state index contributed by atoms with van der Waals surface area (Å²) in [6.45, 7) is -1.01. The van der Waals surface area contributed by atoms with E-state index in [9.17, 15) is 53.1 Å². The van der Waals surface area contributed by atoms with E-state index in [1.54, 1.807) is 0 Å². The van der Waals surface area contributed by atoms with Gasteiger partial charge in [0.2, 0.25) is 0 Å². The number of hydrogen-bond acceptors (Lipinski definition) is 2. The number of esters is 1. The quantitative estimate of drug-likeness (QED) is 0.543. The van der Waals surface area contributed by atoms with Crippen molar-refractivity contribution < 1.29 is 57.8 Å². The third-order valence-electron chi connectivity index (χ3n) is 3.46. The number of ether oxygens (including phenoxy) is 1. The van der Waals surface area contributed by atoms with Gasteiger partial charge in [0, 0.05) is 0 Å². The maximum atomic E-state index is 14.0. The molecule has 0 spiro atoms. The maximum absolute atomic E-state index is 14.0. The van der Waals surface area contributed by atoms with Gasteiger partial charge >= 0.3 is 35.6 Å². The maximum Gasteiger partial charge on any atom is 0.384 e. The van der Waals surface area contributed by atoms with Gasteiger partial charge in [0.25, 0.3) is 5.67 Å². The molecule has 0 bridgehead atoms. The van der Waals surface area contributed by atoms with Gasteiger partial charge in [-0.2, -0.15) is 43.9 Å². The molecule has 1 aliphatic rings. The van der Waals surface area contributed by atoms with E-state index in [1.807, 2.05) is 0 Å². The Kier molecular flexibility index (Phi) is 4.41. The zero-order chi connectivity index (χ0) is 19.6. The molecule has 0 N–H and O–H groups in total. The molecule has 142 valence electrons. The number of carbonyl (C=O) groups excluding carboxylic acids is 1. The summed E-state index contributed by atoms with van der Waals surface area (Å²) in [6, 6.07) is 0. The summed E-state index contributed by atoms with van der Waals surface area (Å²) in [5, 5.41) is 0. The van der Waals surface area contributed by atoms with Crippen molar-refractivity contribution in [2.75, 3.05) is 6.61 Å². The summed E-state index contributed by atoms with van der Waals surface area (Å²) in [6.07, 6.45) is 0. The van der Waals surface area contributed by atoms with Crippen molar-refractivity contribution in [1.29, 1.82) is 0 Å². The van der Waals surface area contributed by atoms with E-state index in [0.717, 1.165) is 13.8 Å². The third kappa shape index (κ3) is 2.04. The molecule has 0 saturated heterocycles. The molecule has 1 aliphatic carbocycles. The lowest BCUT2D eigenvalue weighted by Crippen LogP contribution is -2.84. The summed E-state index contributed by atoms with van der Waals surface area (Å²) < 4.78 is 149. The van der Waals surface area contributed by atoms with Gasteiger partial charge in [-0.25, -0.2) is 4.39 Å². The molecule has 0 unspecified atom stereocenters. The van der Waals surface area contributed by atoms with Gasteiger partial charge < -0.3 is 4.74 Å². The van der Waals surface area contributed by atoms with Crippen molar-refractivity contribution in [2.45, 2.75) is 49.1 Å². The van der Waals surface area contributed by atoms with Gasteiger partial charge in [0.15, 0.2) is 0 Å². The van der Waals surface area contributed by atoms with E-state index >= 15 is 0 Å². The minimum absolute atomic E-state index is 0.988. The van der Waals surface area contributed by atoms with Gasteiger partial charge in [-0.15, -0.1) is 0 Å². The lowest BCUT2D eigenvalue weighted by molar-refractivity contribution is -0.487. The Morgan fingerprint density at radius 3 is 1.29 bits per heavy atom. The van der Waals surface area contributed by atoms with Gasteiger partial charge in [-0.05, 0) is 0 Å². The highest BCUT2D eigenvalue weighted by Crippen LogP contribution is 2.69. The molecule has 1 saturated carbocycles. The van der Waals surface area contributed by atoms with Crippen LogP contribution in [0, 0.1) is 5.92 Å². The fraction of sp³-hybridized carbons (Fsp3) is 0.909. The van der Waals surface area contributed by atoms with Crippen molar-refractivity contribution in [3.05, 3.63) is 0 Å². The SMILES string of the molecule is CC(C)C(=O)OCC1(F)C(F)(F)C(F)(F)C(F)(F)C(F)(F)C1(F)F. The highest BCUT2D eigenvalue weighted by atomic mass is 19.4. The van der Waals surface area contributed by atoms with Crippen LogP contribution in [0.4, 0.5) is 48.3 Å². The van der Waals surface area contributed by atoms with Gasteiger partial charge in [-0.3, -0.25) is 4.79 Å². The molecule has 0 aliphatic heterocycles. The second-order valence-electron chi connectivity index (χ2n) is 5.44. The molecular weight excluding hydrogens is 373 g/mol. The molecule has 1 fully saturated rings. The molecule has 0 aromatic heterocycles. The standard InChI is InChI=1S/C11H9F11O2/c1-4(2)5(23)24-3-6(12)7(13,14)9(17,18)11(21,22)10(19,20)8(6,15)16/h4H,3H2,1-2H3. The summed E-state index contributed by atoms with van der Waals surface area (Å²) in [5.41, 5.74) is -6.28. The van der Waals surface area contributed by atoms with Gasteiger partial charge in [-0.1, -0.05) is 13.8 Å². The molecule has 0 atom stereocenters. The summed E-state index contributed by atoms with van der Waals surface area (Å²) in [7, 11) is 0. The number of rotatable bonds is 3. The molecule has 13 heteroatoms. The van der Waals surface area contributed by atoms with Crippen molar-refractivity contribution in [3.8, 4) is 0 Å². The predicted molar refractivity (Wildman–Crippen MR) is 54.4 cm³/mol. The first kappa shape index (κ1) is 20.7. The fourth-order valence-electron chi connectivity index (χ4n) is 1.80. The Morgan fingerprint density at radius 1 is 0.708 bits per heavy atom. The predicted octanol–water partition coefficient (Wildman–Crippen LogP) is 4.08. The van der Waals surface area contributed by atoms with Crippen molar-refractivity contribution in [1.82, 2.24) is 0 Å². The largest absolute Gasteiger partial charge is 0.462 e. The third-order valence-corrected chi connectivity index (χ3v) is 3.46. The number of hydrogen-bond donors (Lipinski definition) is 0. The Bertz CT molecular complexity index is 496. The minimum Gasteiger partial charge on any atom is -0.462 e. The van der Waals surface area contributed by atoms with Crippen molar-refractivity contribution in [3.63, 3.8) is 0 Å². The van der Waals surface area contributed by atoms with Gasteiger partial charge in [0.05, 0.1) is 5.92 Å². The zero-order valence-electron chi connectivity index (χ0n) is 11.8. The Labute approximate surface area is 126 Å². The smallest absolute Gasteiger partial charge is 0.384 e. The van der Waals surface area contributed by atoms with E-state index in [1.165, 1.54) is 0 Å². The lowest BCUT2D eigenvalue weighted by Gasteiger charge is -2.52. The fourth-order valence-corrected chi connectivity index (χ4v) is 1.80. The van der Waals surface area contributed by atoms with Crippen LogP contribution in [0.25, 0.3) is 0 Å². The molecule has 0 heterocycles. The molecular formula is C11H9F11O2. The van der Waals surface area contributed by atoms with Crippen LogP contribution in [-0.4, -0.2) is 47.9 Å². The summed E-state index contributed by atoms with van der Waals surface area (Å²) in [4.78, 5) is 11.0. The van der Waals surface area contributed by atoms with E-state index in [0.29, 0.717) is 0 Å². The normalized spacial score (nSPS) is 28.4. The number of carbonyl (C=O) groups is 1. The zero-order valence-corrected chi connectivity index (χ0v) is 11.8. The summed E-state index contributed by atoms with van der Waals surface area (Å²) in [5.74, 6) is -38.6. The first-order valence-corrected chi connectivity index (χ1v) is 6.07. The first-order valence-electron chi connectivity index (χ1n) is 6.07. The van der Waals surface area contributed by atoms with Crippen LogP contribution in [-0.2, 0) is 9.53 Å². The second kappa shape index (κ2) is 5.10. The molecule has 1 rings (SSSR count). The minimum atomic E-state index is -7.27. The molecule has 0 amide bonds. The highest BCUT2D eigenvalue weighted by Gasteiger charge is 3.01. The highest BCUT2D eigenvalue weighted by molar-refractivity contribution is 5.71. The monoisotopic (exact) mass is 382 g/mol. The van der Waals surface area contributed by atoms with E-state index in [2.05, 4.69) is 4.74 Å². The molecule has 0 aromatic rings. The van der Waals surface area contributed by atoms with Crippen LogP contribution in [0.15, 0.2) is 0 Å². The molecule has 0 radical (unpaired) electrons. The number of halogens is 11. The Hall–Kier alpha value is -1.30. The van der Waals surface area contributed by atoms with Crippen LogP contribution in [0.1, 0.15) is 13.8 Å². The summed E-state index contributed by atoms with van der Waals surface area (Å²) >= 11 is 0. The molecule has 0 aromatic carbocycles. The van der Waals surface area contributed by atoms with Crippen molar-refractivity contribution in [2.24, 2.45) is 5.92 Å². The average Bonchev–Trinajstić information content (AvgIpc) is 2.41. The van der Waals surface area contributed by atoms with E-state index in [4.69, 9.17) is 0 Å². The Morgan fingerprint density at radius 2 is 1.00 bits per heavy atom. The molecule has 24 heavy (non-hydrogen) atoms. The van der Waals surface area contributed by atoms with Crippen LogP contribution in [0.2, 0.25) is 0 Å². The topological polar surface area (TPSA) is 26.3 Å². The van der Waals surface area contributed by atoms with Crippen LogP contribution < -0.4 is 0 Å². The van der Waals surface area contributed by atoms with Gasteiger partial charge in [0.1, 0.15) is 6.61 Å².